The van der Waals surface area contributed by atoms with Gasteiger partial charge in [-0.2, -0.15) is 5.10 Å². The van der Waals surface area contributed by atoms with E-state index in [0.29, 0.717) is 11.4 Å². The number of aryl methyl sites for hydroxylation is 2. The lowest BCUT2D eigenvalue weighted by molar-refractivity contribution is -0.114. The molecule has 0 aliphatic rings. The fourth-order valence-electron chi connectivity index (χ4n) is 2.24. The van der Waals surface area contributed by atoms with Gasteiger partial charge in [-0.15, -0.1) is 0 Å². The fraction of sp³-hybridized carbons (Fsp3) is 0.400. The fourth-order valence-corrected chi connectivity index (χ4v) is 2.24. The molecule has 0 aliphatic heterocycles. The molecule has 5 nitrogen and oxygen atoms in total. The smallest absolute Gasteiger partial charge is 0.221 e. The number of nitrogens with one attached hydrogen (secondary N) is 1. The van der Waals surface area contributed by atoms with Gasteiger partial charge in [0.15, 0.2) is 0 Å². The van der Waals surface area contributed by atoms with Crippen LogP contribution >= 0.6 is 0 Å². The standard InChI is InChI=1S/C15H20N4O/c1-8-9(2)11(4)16-14(10(8)3)15-13(17-12(5)20)7-19(6)18-15/h7H,1-6H3,(H,17,20). The maximum atomic E-state index is 11.3. The molecule has 0 saturated carbocycles. The van der Waals surface area contributed by atoms with Crippen LogP contribution in [-0.2, 0) is 11.8 Å². The second-order valence-electron chi connectivity index (χ2n) is 5.17. The summed E-state index contributed by atoms with van der Waals surface area (Å²) in [6.45, 7) is 9.68. The number of carbonyl (C=O) groups excluding carboxylic acids is 1. The van der Waals surface area contributed by atoms with Crippen molar-refractivity contribution in [1.29, 1.82) is 0 Å². The van der Waals surface area contributed by atoms with E-state index in [1.165, 1.54) is 18.1 Å². The van der Waals surface area contributed by atoms with Gasteiger partial charge in [0.2, 0.25) is 5.91 Å². The van der Waals surface area contributed by atoms with Crippen LogP contribution in [0.3, 0.4) is 0 Å². The van der Waals surface area contributed by atoms with E-state index in [1.807, 2.05) is 20.9 Å². The lowest BCUT2D eigenvalue weighted by Gasteiger charge is -2.12. The summed E-state index contributed by atoms with van der Waals surface area (Å²) in [5.74, 6) is -0.113. The maximum absolute atomic E-state index is 11.3. The van der Waals surface area contributed by atoms with Gasteiger partial charge in [-0.05, 0) is 44.4 Å². The van der Waals surface area contributed by atoms with E-state index in [9.17, 15) is 4.79 Å². The van der Waals surface area contributed by atoms with Gasteiger partial charge in [-0.1, -0.05) is 0 Å². The van der Waals surface area contributed by atoms with Crippen molar-refractivity contribution in [3.63, 3.8) is 0 Å². The average molecular weight is 272 g/mol. The SMILES string of the molecule is CC(=O)Nc1cn(C)nc1-c1nc(C)c(C)c(C)c1C. The Labute approximate surface area is 119 Å². The Morgan fingerprint density at radius 2 is 1.75 bits per heavy atom. The molecule has 0 atom stereocenters. The number of carbonyl (C=O) groups is 1. The van der Waals surface area contributed by atoms with Crippen LogP contribution in [0.5, 0.6) is 0 Å². The third kappa shape index (κ3) is 2.43. The Balaban J connectivity index is 2.66. The van der Waals surface area contributed by atoms with Crippen LogP contribution in [0.1, 0.15) is 29.3 Å². The largest absolute Gasteiger partial charge is 0.323 e. The van der Waals surface area contributed by atoms with Gasteiger partial charge in [0.25, 0.3) is 0 Å². The van der Waals surface area contributed by atoms with Gasteiger partial charge < -0.3 is 5.32 Å². The monoisotopic (exact) mass is 272 g/mol. The number of amides is 1. The van der Waals surface area contributed by atoms with Crippen molar-refractivity contribution in [3.05, 3.63) is 28.6 Å². The lowest BCUT2D eigenvalue weighted by atomic mass is 10.0. The van der Waals surface area contributed by atoms with Gasteiger partial charge >= 0.3 is 0 Å². The molecule has 2 aromatic rings. The summed E-state index contributed by atoms with van der Waals surface area (Å²) in [6, 6.07) is 0. The number of hydrogen-bond acceptors (Lipinski definition) is 3. The summed E-state index contributed by atoms with van der Waals surface area (Å²) in [6.07, 6.45) is 1.79. The highest BCUT2D eigenvalue weighted by Crippen LogP contribution is 2.30. The van der Waals surface area contributed by atoms with Crippen LogP contribution in [0.2, 0.25) is 0 Å². The Hall–Kier alpha value is -2.17. The Bertz CT molecular complexity index is 686. The molecular formula is C15H20N4O. The summed E-state index contributed by atoms with van der Waals surface area (Å²) < 4.78 is 1.69. The van der Waals surface area contributed by atoms with Crippen LogP contribution < -0.4 is 5.32 Å². The quantitative estimate of drug-likeness (QED) is 0.914. The van der Waals surface area contributed by atoms with E-state index in [-0.39, 0.29) is 5.91 Å². The molecule has 2 rings (SSSR count). The first-order valence-corrected chi connectivity index (χ1v) is 6.57. The minimum absolute atomic E-state index is 0.113. The summed E-state index contributed by atoms with van der Waals surface area (Å²) in [5.41, 5.74) is 6.73. The third-order valence-electron chi connectivity index (χ3n) is 3.67. The highest BCUT2D eigenvalue weighted by Gasteiger charge is 2.17. The second-order valence-corrected chi connectivity index (χ2v) is 5.17. The summed E-state index contributed by atoms with van der Waals surface area (Å²) in [5, 5.41) is 7.26. The van der Waals surface area contributed by atoms with E-state index in [0.717, 1.165) is 17.0 Å². The molecule has 0 spiro atoms. The van der Waals surface area contributed by atoms with Crippen molar-refractivity contribution >= 4 is 11.6 Å². The van der Waals surface area contributed by atoms with Crippen molar-refractivity contribution in [3.8, 4) is 11.4 Å². The first kappa shape index (κ1) is 14.2. The molecular weight excluding hydrogens is 252 g/mol. The zero-order valence-electron chi connectivity index (χ0n) is 12.8. The Morgan fingerprint density at radius 1 is 1.10 bits per heavy atom. The summed E-state index contributed by atoms with van der Waals surface area (Å²) >= 11 is 0. The molecule has 106 valence electrons. The van der Waals surface area contributed by atoms with Crippen LogP contribution in [0.4, 0.5) is 5.69 Å². The van der Waals surface area contributed by atoms with E-state index >= 15 is 0 Å². The van der Waals surface area contributed by atoms with E-state index in [1.54, 1.807) is 10.9 Å². The van der Waals surface area contributed by atoms with Crippen LogP contribution in [0, 0.1) is 27.7 Å². The molecule has 2 aromatic heterocycles. The molecule has 0 fully saturated rings. The van der Waals surface area contributed by atoms with Gasteiger partial charge in [-0.3, -0.25) is 14.5 Å². The molecule has 0 bridgehead atoms. The first-order chi connectivity index (χ1) is 9.31. The maximum Gasteiger partial charge on any atom is 0.221 e. The molecule has 0 saturated heterocycles. The summed E-state index contributed by atoms with van der Waals surface area (Å²) in [7, 11) is 1.83. The normalized spacial score (nSPS) is 10.7. The van der Waals surface area contributed by atoms with Crippen molar-refractivity contribution in [2.75, 3.05) is 5.32 Å². The molecule has 1 amide bonds. The van der Waals surface area contributed by atoms with E-state index in [2.05, 4.69) is 29.2 Å². The number of hydrogen-bond donors (Lipinski definition) is 1. The van der Waals surface area contributed by atoms with E-state index < -0.39 is 0 Å². The molecule has 5 heteroatoms. The zero-order valence-corrected chi connectivity index (χ0v) is 12.8. The highest BCUT2D eigenvalue weighted by atomic mass is 16.1. The number of rotatable bonds is 2. The van der Waals surface area contributed by atoms with Gasteiger partial charge in [-0.25, -0.2) is 0 Å². The molecule has 1 N–H and O–H groups in total. The zero-order chi connectivity index (χ0) is 15.0. The molecule has 0 unspecified atom stereocenters. The van der Waals surface area contributed by atoms with Crippen molar-refractivity contribution in [2.24, 2.45) is 7.05 Å². The van der Waals surface area contributed by atoms with Gasteiger partial charge in [0.05, 0.1) is 11.4 Å². The number of pyridine rings is 1. The number of nitrogens with zero attached hydrogens (tertiary/aromatic N) is 3. The Kier molecular flexibility index (Phi) is 3.61. The van der Waals surface area contributed by atoms with Gasteiger partial charge in [0, 0.05) is 25.9 Å². The average Bonchev–Trinajstić information content (AvgIpc) is 2.71. The van der Waals surface area contributed by atoms with E-state index in [4.69, 9.17) is 0 Å². The van der Waals surface area contributed by atoms with Crippen LogP contribution in [-0.4, -0.2) is 20.7 Å². The Morgan fingerprint density at radius 3 is 2.35 bits per heavy atom. The molecule has 0 aliphatic carbocycles. The molecule has 0 aromatic carbocycles. The summed E-state index contributed by atoms with van der Waals surface area (Å²) in [4.78, 5) is 16.0. The minimum Gasteiger partial charge on any atom is -0.323 e. The minimum atomic E-state index is -0.113. The number of aromatic nitrogens is 3. The van der Waals surface area contributed by atoms with Crippen LogP contribution in [0.15, 0.2) is 6.20 Å². The highest BCUT2D eigenvalue weighted by molar-refractivity contribution is 5.92. The predicted octanol–water partition coefficient (Wildman–Crippen LogP) is 2.67. The number of anilines is 1. The van der Waals surface area contributed by atoms with Gasteiger partial charge in [0.1, 0.15) is 5.69 Å². The third-order valence-corrected chi connectivity index (χ3v) is 3.67. The molecule has 20 heavy (non-hydrogen) atoms. The predicted molar refractivity (Wildman–Crippen MR) is 79.7 cm³/mol. The van der Waals surface area contributed by atoms with Crippen molar-refractivity contribution in [2.45, 2.75) is 34.6 Å². The lowest BCUT2D eigenvalue weighted by Crippen LogP contribution is -2.07. The topological polar surface area (TPSA) is 59.8 Å². The van der Waals surface area contributed by atoms with Crippen LogP contribution in [0.25, 0.3) is 11.4 Å². The van der Waals surface area contributed by atoms with Crippen molar-refractivity contribution < 1.29 is 4.79 Å². The first-order valence-electron chi connectivity index (χ1n) is 6.57. The van der Waals surface area contributed by atoms with Crippen molar-refractivity contribution in [1.82, 2.24) is 14.8 Å². The molecule has 2 heterocycles. The molecule has 0 radical (unpaired) electrons. The second kappa shape index (κ2) is 5.07.